The van der Waals surface area contributed by atoms with E-state index in [2.05, 4.69) is 36.0 Å². The summed E-state index contributed by atoms with van der Waals surface area (Å²) >= 11 is 0. The minimum atomic E-state index is -3.35. The summed E-state index contributed by atoms with van der Waals surface area (Å²) in [6.07, 6.45) is 1.88. The molecule has 1 amide bonds. The van der Waals surface area contributed by atoms with Crippen LogP contribution in [0.4, 0.5) is 5.69 Å². The Morgan fingerprint density at radius 3 is 2.23 bits per heavy atom. The van der Waals surface area contributed by atoms with E-state index in [0.29, 0.717) is 16.8 Å². The van der Waals surface area contributed by atoms with Crippen LogP contribution < -0.4 is 10.0 Å². The quantitative estimate of drug-likeness (QED) is 0.806. The Bertz CT molecular complexity index is 921. The molecular formula is C20H26N2O3S. The molecule has 0 bridgehead atoms. The highest BCUT2D eigenvalue weighted by molar-refractivity contribution is 7.92. The van der Waals surface area contributed by atoms with E-state index in [1.807, 2.05) is 13.0 Å². The molecule has 140 valence electrons. The van der Waals surface area contributed by atoms with E-state index in [1.54, 1.807) is 25.1 Å². The van der Waals surface area contributed by atoms with Crippen LogP contribution in [0.15, 0.2) is 36.4 Å². The fraction of sp³-hybridized carbons (Fsp3) is 0.350. The van der Waals surface area contributed by atoms with Crippen molar-refractivity contribution < 1.29 is 13.2 Å². The predicted molar refractivity (Wildman–Crippen MR) is 106 cm³/mol. The summed E-state index contributed by atoms with van der Waals surface area (Å²) in [4.78, 5) is 12.6. The maximum atomic E-state index is 12.6. The third kappa shape index (κ3) is 5.08. The molecule has 2 aromatic carbocycles. The van der Waals surface area contributed by atoms with E-state index in [4.69, 9.17) is 0 Å². The third-order valence-corrected chi connectivity index (χ3v) is 5.02. The lowest BCUT2D eigenvalue weighted by Gasteiger charge is -2.19. The summed E-state index contributed by atoms with van der Waals surface area (Å²) in [6, 6.07) is 11.1. The van der Waals surface area contributed by atoms with Gasteiger partial charge in [0.2, 0.25) is 10.0 Å². The molecule has 5 nitrogen and oxygen atoms in total. The van der Waals surface area contributed by atoms with Crippen LogP contribution in [0.2, 0.25) is 0 Å². The summed E-state index contributed by atoms with van der Waals surface area (Å²) in [5.41, 5.74) is 5.18. The molecule has 0 spiro atoms. The highest BCUT2D eigenvalue weighted by Gasteiger charge is 2.16. The summed E-state index contributed by atoms with van der Waals surface area (Å²) < 4.78 is 25.2. The molecule has 1 atom stereocenters. The second-order valence-corrected chi connectivity index (χ2v) is 8.43. The third-order valence-electron chi connectivity index (χ3n) is 4.43. The standard InChI is InChI=1S/C20H26N2O3S/c1-6-18(16-8-7-13(2)14(3)11-16)21-20(23)17-9-10-19(15(4)12-17)22-26(5,24)25/h7-12,18,22H,6H2,1-5H3,(H,21,23)/t18-/m1/s1. The number of nitrogens with one attached hydrogen (secondary N) is 2. The molecule has 0 unspecified atom stereocenters. The molecule has 0 heterocycles. The van der Waals surface area contributed by atoms with Crippen molar-refractivity contribution in [3.63, 3.8) is 0 Å². The van der Waals surface area contributed by atoms with Crippen LogP contribution in [-0.2, 0) is 10.0 Å². The van der Waals surface area contributed by atoms with Gasteiger partial charge in [0, 0.05) is 5.56 Å². The Kier molecular flexibility index (Phi) is 6.08. The monoisotopic (exact) mass is 374 g/mol. The van der Waals surface area contributed by atoms with Crippen LogP contribution in [0.3, 0.4) is 0 Å². The molecule has 0 saturated carbocycles. The molecule has 26 heavy (non-hydrogen) atoms. The van der Waals surface area contributed by atoms with E-state index < -0.39 is 10.0 Å². The van der Waals surface area contributed by atoms with E-state index in [9.17, 15) is 13.2 Å². The number of hydrogen-bond acceptors (Lipinski definition) is 3. The van der Waals surface area contributed by atoms with E-state index in [1.165, 1.54) is 11.1 Å². The zero-order valence-electron chi connectivity index (χ0n) is 15.9. The van der Waals surface area contributed by atoms with Crippen molar-refractivity contribution in [3.8, 4) is 0 Å². The number of anilines is 1. The van der Waals surface area contributed by atoms with Gasteiger partial charge in [-0.15, -0.1) is 0 Å². The fourth-order valence-electron chi connectivity index (χ4n) is 2.76. The lowest BCUT2D eigenvalue weighted by Crippen LogP contribution is -2.28. The molecule has 6 heteroatoms. The van der Waals surface area contributed by atoms with Crippen molar-refractivity contribution in [2.45, 2.75) is 40.2 Å². The normalized spacial score (nSPS) is 12.5. The number of benzene rings is 2. The summed E-state index contributed by atoms with van der Waals surface area (Å²) in [7, 11) is -3.35. The maximum absolute atomic E-state index is 12.6. The number of amides is 1. The first-order valence-corrected chi connectivity index (χ1v) is 10.5. The first-order chi connectivity index (χ1) is 12.1. The predicted octanol–water partition coefficient (Wildman–Crippen LogP) is 3.86. The van der Waals surface area contributed by atoms with Crippen LogP contribution in [0.5, 0.6) is 0 Å². The highest BCUT2D eigenvalue weighted by Crippen LogP contribution is 2.22. The molecule has 0 fully saturated rings. The zero-order chi connectivity index (χ0) is 19.5. The van der Waals surface area contributed by atoms with Gasteiger partial charge in [-0.3, -0.25) is 9.52 Å². The van der Waals surface area contributed by atoms with Gasteiger partial charge in [-0.1, -0.05) is 25.1 Å². The van der Waals surface area contributed by atoms with E-state index in [0.717, 1.165) is 18.2 Å². The average molecular weight is 375 g/mol. The summed E-state index contributed by atoms with van der Waals surface area (Å²) in [5.74, 6) is -0.177. The lowest BCUT2D eigenvalue weighted by molar-refractivity contribution is 0.0935. The van der Waals surface area contributed by atoms with Gasteiger partial charge in [0.15, 0.2) is 0 Å². The first kappa shape index (κ1) is 20.0. The molecule has 0 aliphatic heterocycles. The SMILES string of the molecule is CC[C@@H](NC(=O)c1ccc(NS(C)(=O)=O)c(C)c1)c1ccc(C)c(C)c1. The second-order valence-electron chi connectivity index (χ2n) is 6.68. The molecule has 0 aliphatic carbocycles. The molecule has 0 radical (unpaired) electrons. The molecule has 0 saturated heterocycles. The second kappa shape index (κ2) is 7.91. The van der Waals surface area contributed by atoms with Gasteiger partial charge in [0.25, 0.3) is 5.91 Å². The number of aryl methyl sites for hydroxylation is 3. The van der Waals surface area contributed by atoms with Gasteiger partial charge in [0.05, 0.1) is 18.0 Å². The first-order valence-electron chi connectivity index (χ1n) is 8.57. The number of rotatable bonds is 6. The van der Waals surface area contributed by atoms with Crippen LogP contribution in [0.25, 0.3) is 0 Å². The number of hydrogen-bond donors (Lipinski definition) is 2. The molecule has 0 aromatic heterocycles. The fourth-order valence-corrected chi connectivity index (χ4v) is 3.39. The average Bonchev–Trinajstić information content (AvgIpc) is 2.55. The Morgan fingerprint density at radius 1 is 1.00 bits per heavy atom. The van der Waals surface area contributed by atoms with Crippen molar-refractivity contribution in [2.75, 3.05) is 11.0 Å². The minimum Gasteiger partial charge on any atom is -0.345 e. The van der Waals surface area contributed by atoms with Crippen molar-refractivity contribution in [1.29, 1.82) is 0 Å². The molecule has 2 aromatic rings. The van der Waals surface area contributed by atoms with E-state index >= 15 is 0 Å². The van der Waals surface area contributed by atoms with Gasteiger partial charge in [-0.05, 0) is 67.6 Å². The Labute approximate surface area is 155 Å². The van der Waals surface area contributed by atoms with Crippen LogP contribution in [-0.4, -0.2) is 20.6 Å². The Hall–Kier alpha value is -2.34. The topological polar surface area (TPSA) is 75.3 Å². The van der Waals surface area contributed by atoms with Gasteiger partial charge < -0.3 is 5.32 Å². The molecule has 2 N–H and O–H groups in total. The Morgan fingerprint density at radius 2 is 1.69 bits per heavy atom. The molecule has 2 rings (SSSR count). The molecular weight excluding hydrogens is 348 g/mol. The zero-order valence-corrected chi connectivity index (χ0v) is 16.7. The van der Waals surface area contributed by atoms with Crippen molar-refractivity contribution in [2.24, 2.45) is 0 Å². The van der Waals surface area contributed by atoms with Crippen molar-refractivity contribution in [3.05, 3.63) is 64.2 Å². The van der Waals surface area contributed by atoms with Crippen LogP contribution >= 0.6 is 0 Å². The van der Waals surface area contributed by atoms with Gasteiger partial charge in [-0.25, -0.2) is 8.42 Å². The van der Waals surface area contributed by atoms with Gasteiger partial charge in [-0.2, -0.15) is 0 Å². The maximum Gasteiger partial charge on any atom is 0.251 e. The number of carbonyl (C=O) groups excluding carboxylic acids is 1. The minimum absolute atomic E-state index is 0.0732. The lowest BCUT2D eigenvalue weighted by atomic mass is 9.99. The number of carbonyl (C=O) groups is 1. The highest BCUT2D eigenvalue weighted by atomic mass is 32.2. The van der Waals surface area contributed by atoms with Crippen LogP contribution in [0.1, 0.15) is 52.0 Å². The van der Waals surface area contributed by atoms with Crippen molar-refractivity contribution in [1.82, 2.24) is 5.32 Å². The number of sulfonamides is 1. The smallest absolute Gasteiger partial charge is 0.251 e. The summed E-state index contributed by atoms with van der Waals surface area (Å²) in [5, 5.41) is 3.06. The van der Waals surface area contributed by atoms with Gasteiger partial charge in [0.1, 0.15) is 0 Å². The van der Waals surface area contributed by atoms with E-state index in [-0.39, 0.29) is 11.9 Å². The van der Waals surface area contributed by atoms with Gasteiger partial charge >= 0.3 is 0 Å². The van der Waals surface area contributed by atoms with Crippen LogP contribution in [0, 0.1) is 20.8 Å². The summed E-state index contributed by atoms with van der Waals surface area (Å²) in [6.45, 7) is 7.92. The van der Waals surface area contributed by atoms with Crippen molar-refractivity contribution >= 4 is 21.6 Å². The Balaban J connectivity index is 2.19. The molecule has 0 aliphatic rings. The largest absolute Gasteiger partial charge is 0.345 e.